The molecule has 1 saturated heterocycles. The van der Waals surface area contributed by atoms with Crippen molar-refractivity contribution in [2.45, 2.75) is 40.2 Å². The van der Waals surface area contributed by atoms with Crippen LogP contribution in [0.2, 0.25) is 0 Å². The number of aliphatic carboxylic acids is 1. The molecule has 10 heteroatoms. The Bertz CT molecular complexity index is 504. The number of hydrogen-bond acceptors (Lipinski definition) is 6. The lowest BCUT2D eigenvalue weighted by Crippen LogP contribution is -2.59. The Balaban J connectivity index is 0.000000821. The number of aliphatic hydroxyl groups is 1. The second kappa shape index (κ2) is 13.0. The lowest BCUT2D eigenvalue weighted by Gasteiger charge is -2.32. The second-order valence-corrected chi connectivity index (χ2v) is 5.81. The summed E-state index contributed by atoms with van der Waals surface area (Å²) >= 11 is 0. The minimum atomic E-state index is -1.32. The number of piperazine rings is 1. The Kier molecular flexibility index (Phi) is 12.0. The van der Waals surface area contributed by atoms with Gasteiger partial charge < -0.3 is 25.3 Å². The van der Waals surface area contributed by atoms with E-state index < -0.39 is 36.5 Å². The monoisotopic (exact) mass is 388 g/mol. The molecule has 1 unspecified atom stereocenters. The molecular weight excluding hydrogens is 356 g/mol. The Morgan fingerprint density at radius 1 is 1.07 bits per heavy atom. The van der Waals surface area contributed by atoms with Crippen molar-refractivity contribution in [3.8, 4) is 0 Å². The SMILES string of the molecule is CCN(CC)CC.CCN1CCN(C(=O)NC(CCO)C(=O)O)C(=O)C1=O. The first-order valence-corrected chi connectivity index (χ1v) is 9.24. The molecule has 4 amide bonds. The van der Waals surface area contributed by atoms with Crippen molar-refractivity contribution in [2.24, 2.45) is 0 Å². The maximum absolute atomic E-state index is 11.8. The van der Waals surface area contributed by atoms with Crippen LogP contribution >= 0.6 is 0 Å². The van der Waals surface area contributed by atoms with Gasteiger partial charge in [0, 0.05) is 32.7 Å². The molecule has 1 atom stereocenters. The van der Waals surface area contributed by atoms with Gasteiger partial charge in [-0.3, -0.25) is 14.5 Å². The number of urea groups is 1. The fourth-order valence-electron chi connectivity index (χ4n) is 2.45. The van der Waals surface area contributed by atoms with Gasteiger partial charge in [0.2, 0.25) is 0 Å². The normalized spacial score (nSPS) is 15.3. The molecule has 0 aromatic heterocycles. The number of rotatable bonds is 8. The number of nitrogens with zero attached hydrogens (tertiary/aromatic N) is 3. The third kappa shape index (κ3) is 7.92. The molecule has 156 valence electrons. The molecule has 0 saturated carbocycles. The maximum Gasteiger partial charge on any atom is 0.326 e. The van der Waals surface area contributed by atoms with Crippen LogP contribution in [-0.4, -0.2) is 101 Å². The number of carboxylic acids is 1. The summed E-state index contributed by atoms with van der Waals surface area (Å²) in [4.78, 5) is 50.4. The van der Waals surface area contributed by atoms with Crippen LogP contribution < -0.4 is 5.32 Å². The minimum Gasteiger partial charge on any atom is -0.480 e. The molecule has 1 fully saturated rings. The van der Waals surface area contributed by atoms with Crippen LogP contribution in [0, 0.1) is 0 Å². The van der Waals surface area contributed by atoms with Gasteiger partial charge in [-0.05, 0) is 26.6 Å². The molecule has 0 spiro atoms. The molecular formula is C17H32N4O6. The van der Waals surface area contributed by atoms with Gasteiger partial charge in [0.1, 0.15) is 6.04 Å². The first kappa shape index (κ1) is 24.8. The standard InChI is InChI=1S/C11H17N3O6.C6H15N/c1-2-13-4-5-14(9(17)8(13)16)11(20)12-7(3-6-15)10(18)19;1-4-7(5-2)6-3/h7,15H,2-6H2,1H3,(H,12,20)(H,18,19);4-6H2,1-3H3. The third-order valence-electron chi connectivity index (χ3n) is 4.29. The van der Waals surface area contributed by atoms with Crippen LogP contribution in [0.15, 0.2) is 0 Å². The van der Waals surface area contributed by atoms with E-state index in [1.165, 1.54) is 24.5 Å². The van der Waals surface area contributed by atoms with E-state index >= 15 is 0 Å². The van der Waals surface area contributed by atoms with E-state index in [1.807, 2.05) is 0 Å². The van der Waals surface area contributed by atoms with Gasteiger partial charge in [-0.2, -0.15) is 0 Å². The molecule has 0 aromatic carbocycles. The van der Waals surface area contributed by atoms with Crippen LogP contribution in [0.5, 0.6) is 0 Å². The van der Waals surface area contributed by atoms with Crippen LogP contribution in [0.3, 0.4) is 0 Å². The summed E-state index contributed by atoms with van der Waals surface area (Å²) < 4.78 is 0. The van der Waals surface area contributed by atoms with E-state index in [0.717, 1.165) is 0 Å². The summed E-state index contributed by atoms with van der Waals surface area (Å²) in [6.45, 7) is 12.0. The van der Waals surface area contributed by atoms with Gasteiger partial charge >= 0.3 is 23.8 Å². The van der Waals surface area contributed by atoms with Crippen molar-refractivity contribution >= 4 is 23.8 Å². The smallest absolute Gasteiger partial charge is 0.326 e. The van der Waals surface area contributed by atoms with E-state index in [-0.39, 0.29) is 19.5 Å². The van der Waals surface area contributed by atoms with Crippen molar-refractivity contribution < 1.29 is 29.4 Å². The molecule has 0 radical (unpaired) electrons. The largest absolute Gasteiger partial charge is 0.480 e. The number of imide groups is 1. The summed E-state index contributed by atoms with van der Waals surface area (Å²) in [7, 11) is 0. The van der Waals surface area contributed by atoms with Gasteiger partial charge in [0.05, 0.1) is 0 Å². The molecule has 27 heavy (non-hydrogen) atoms. The van der Waals surface area contributed by atoms with Gasteiger partial charge in [-0.1, -0.05) is 20.8 Å². The van der Waals surface area contributed by atoms with Crippen LogP contribution in [0.4, 0.5) is 4.79 Å². The van der Waals surface area contributed by atoms with Crippen molar-refractivity contribution in [3.05, 3.63) is 0 Å². The van der Waals surface area contributed by atoms with Gasteiger partial charge in [-0.15, -0.1) is 0 Å². The van der Waals surface area contributed by atoms with Gasteiger partial charge in [0.15, 0.2) is 0 Å². The average molecular weight is 388 g/mol. The zero-order valence-electron chi connectivity index (χ0n) is 16.6. The Morgan fingerprint density at radius 2 is 1.63 bits per heavy atom. The van der Waals surface area contributed by atoms with Crippen LogP contribution in [0.25, 0.3) is 0 Å². The number of nitrogens with one attached hydrogen (secondary N) is 1. The van der Waals surface area contributed by atoms with E-state index in [2.05, 4.69) is 31.0 Å². The molecule has 1 heterocycles. The quantitative estimate of drug-likeness (QED) is 0.481. The fourth-order valence-corrected chi connectivity index (χ4v) is 2.45. The summed E-state index contributed by atoms with van der Waals surface area (Å²) in [6, 6.07) is -2.25. The number of likely N-dealkylation sites (N-methyl/N-ethyl adjacent to an activating group) is 1. The fraction of sp³-hybridized carbons (Fsp3) is 0.765. The highest BCUT2D eigenvalue weighted by molar-refractivity contribution is 6.38. The highest BCUT2D eigenvalue weighted by Crippen LogP contribution is 2.06. The lowest BCUT2D eigenvalue weighted by atomic mass is 10.2. The van der Waals surface area contributed by atoms with Gasteiger partial charge in [0.25, 0.3) is 0 Å². The minimum absolute atomic E-state index is 0.00963. The first-order valence-electron chi connectivity index (χ1n) is 9.24. The molecule has 3 N–H and O–H groups in total. The van der Waals surface area contributed by atoms with E-state index in [0.29, 0.717) is 11.4 Å². The number of hydrogen-bond donors (Lipinski definition) is 3. The average Bonchev–Trinajstić information content (AvgIpc) is 2.65. The predicted octanol–water partition coefficient (Wildman–Crippen LogP) is -0.430. The zero-order chi connectivity index (χ0) is 21.0. The van der Waals surface area contributed by atoms with Crippen molar-refractivity contribution in [2.75, 3.05) is 45.9 Å². The number of amides is 4. The summed E-state index contributed by atoms with van der Waals surface area (Å²) in [5.74, 6) is -3.09. The second-order valence-electron chi connectivity index (χ2n) is 5.81. The molecule has 1 rings (SSSR count). The maximum atomic E-state index is 11.8. The van der Waals surface area contributed by atoms with E-state index in [9.17, 15) is 19.2 Å². The summed E-state index contributed by atoms with van der Waals surface area (Å²) in [5, 5.41) is 19.7. The van der Waals surface area contributed by atoms with Crippen LogP contribution in [0.1, 0.15) is 34.1 Å². The molecule has 0 aromatic rings. The molecule has 1 aliphatic heterocycles. The lowest BCUT2D eigenvalue weighted by molar-refractivity contribution is -0.153. The highest BCUT2D eigenvalue weighted by atomic mass is 16.4. The summed E-state index contributed by atoms with van der Waals surface area (Å²) in [5.41, 5.74) is 0. The molecule has 0 bridgehead atoms. The Labute approximate surface area is 160 Å². The molecule has 0 aliphatic carbocycles. The Hall–Kier alpha value is -2.20. The van der Waals surface area contributed by atoms with Crippen LogP contribution in [-0.2, 0) is 14.4 Å². The molecule has 10 nitrogen and oxygen atoms in total. The van der Waals surface area contributed by atoms with Crippen molar-refractivity contribution in [1.82, 2.24) is 20.0 Å². The van der Waals surface area contributed by atoms with Gasteiger partial charge in [-0.25, -0.2) is 9.59 Å². The van der Waals surface area contributed by atoms with Crippen molar-refractivity contribution in [3.63, 3.8) is 0 Å². The topological polar surface area (TPSA) is 130 Å². The number of aliphatic hydroxyl groups excluding tert-OH is 1. The van der Waals surface area contributed by atoms with Crippen molar-refractivity contribution in [1.29, 1.82) is 0 Å². The summed E-state index contributed by atoms with van der Waals surface area (Å²) in [6.07, 6.45) is -0.182. The first-order chi connectivity index (χ1) is 12.8. The molecule has 1 aliphatic rings. The number of carbonyl (C=O) groups is 4. The Morgan fingerprint density at radius 3 is 2.00 bits per heavy atom. The zero-order valence-corrected chi connectivity index (χ0v) is 16.6. The highest BCUT2D eigenvalue weighted by Gasteiger charge is 2.36. The number of carbonyl (C=O) groups excluding carboxylic acids is 3. The predicted molar refractivity (Wildman–Crippen MR) is 99.1 cm³/mol. The third-order valence-corrected chi connectivity index (χ3v) is 4.29. The van der Waals surface area contributed by atoms with E-state index in [4.69, 9.17) is 10.2 Å². The van der Waals surface area contributed by atoms with E-state index in [1.54, 1.807) is 6.92 Å². The number of carboxylic acid groups (broad SMARTS) is 1.